The average Bonchev–Trinajstić information content (AvgIpc) is 2.09. The normalized spacial score (nSPS) is 29.8. The molecule has 0 aromatic carbocycles. The molecule has 0 aliphatic heterocycles. The Labute approximate surface area is 72.2 Å². The maximum atomic E-state index is 10.8. The minimum absolute atomic E-state index is 0.0252. The van der Waals surface area contributed by atoms with Crippen molar-refractivity contribution >= 4 is 5.97 Å². The monoisotopic (exact) mass is 172 g/mol. The summed E-state index contributed by atoms with van der Waals surface area (Å²) in [6.07, 6.45) is 3.71. The number of hydrogen-bond donors (Lipinski definition) is 2. The summed E-state index contributed by atoms with van der Waals surface area (Å²) in [6.45, 7) is -0.0252. The van der Waals surface area contributed by atoms with Gasteiger partial charge in [0.25, 0.3) is 0 Å². The van der Waals surface area contributed by atoms with Gasteiger partial charge in [-0.05, 0) is 25.7 Å². The SMILES string of the molecule is NCC(=O)OC1CCC(N)CC1. The number of nitrogens with two attached hydrogens (primary N) is 2. The second-order valence-corrected chi connectivity index (χ2v) is 3.23. The third-order valence-electron chi connectivity index (χ3n) is 2.18. The highest BCUT2D eigenvalue weighted by molar-refractivity contribution is 5.71. The quantitative estimate of drug-likeness (QED) is 0.563. The number of carbonyl (C=O) groups excluding carboxylic acids is 1. The van der Waals surface area contributed by atoms with Crippen LogP contribution in [0.1, 0.15) is 25.7 Å². The van der Waals surface area contributed by atoms with Gasteiger partial charge in [0.1, 0.15) is 6.10 Å². The van der Waals surface area contributed by atoms with E-state index in [0.29, 0.717) is 0 Å². The lowest BCUT2D eigenvalue weighted by atomic mass is 9.94. The van der Waals surface area contributed by atoms with E-state index >= 15 is 0 Å². The molecule has 4 nitrogen and oxygen atoms in total. The van der Waals surface area contributed by atoms with Gasteiger partial charge >= 0.3 is 5.97 Å². The van der Waals surface area contributed by atoms with Crippen LogP contribution in [0.25, 0.3) is 0 Å². The van der Waals surface area contributed by atoms with Gasteiger partial charge in [-0.25, -0.2) is 0 Å². The van der Waals surface area contributed by atoms with Crippen molar-refractivity contribution in [2.24, 2.45) is 11.5 Å². The highest BCUT2D eigenvalue weighted by Gasteiger charge is 2.20. The molecule has 1 fully saturated rings. The second kappa shape index (κ2) is 4.42. The molecule has 0 aromatic heterocycles. The molecule has 4 heteroatoms. The molecule has 0 atom stereocenters. The van der Waals surface area contributed by atoms with E-state index < -0.39 is 0 Å². The van der Waals surface area contributed by atoms with Crippen LogP contribution in [-0.4, -0.2) is 24.7 Å². The van der Waals surface area contributed by atoms with Crippen molar-refractivity contribution in [2.75, 3.05) is 6.54 Å². The molecule has 0 unspecified atom stereocenters. The predicted octanol–water partition coefficient (Wildman–Crippen LogP) is -0.242. The Balaban J connectivity index is 2.21. The van der Waals surface area contributed by atoms with Crippen molar-refractivity contribution in [2.45, 2.75) is 37.8 Å². The lowest BCUT2D eigenvalue weighted by molar-refractivity contribution is -0.148. The summed E-state index contributed by atoms with van der Waals surface area (Å²) in [7, 11) is 0. The molecule has 0 radical (unpaired) electrons. The fraction of sp³-hybridized carbons (Fsp3) is 0.875. The van der Waals surface area contributed by atoms with Gasteiger partial charge in [0.2, 0.25) is 0 Å². The first kappa shape index (κ1) is 9.48. The molecule has 0 bridgehead atoms. The number of carbonyl (C=O) groups is 1. The average molecular weight is 172 g/mol. The van der Waals surface area contributed by atoms with E-state index in [1.54, 1.807) is 0 Å². The van der Waals surface area contributed by atoms with E-state index in [2.05, 4.69) is 0 Å². The van der Waals surface area contributed by atoms with Crippen LogP contribution in [0.5, 0.6) is 0 Å². The Hall–Kier alpha value is -0.610. The Kier molecular flexibility index (Phi) is 3.49. The standard InChI is InChI=1S/C8H16N2O2/c9-5-8(11)12-7-3-1-6(10)2-4-7/h6-7H,1-5,9-10H2. The summed E-state index contributed by atoms with van der Waals surface area (Å²) in [5, 5.41) is 0. The molecule has 0 heterocycles. The first-order chi connectivity index (χ1) is 5.72. The second-order valence-electron chi connectivity index (χ2n) is 3.23. The summed E-state index contributed by atoms with van der Waals surface area (Å²) in [4.78, 5) is 10.8. The minimum Gasteiger partial charge on any atom is -0.461 e. The van der Waals surface area contributed by atoms with E-state index in [0.717, 1.165) is 25.7 Å². The third kappa shape index (κ3) is 2.79. The smallest absolute Gasteiger partial charge is 0.319 e. The van der Waals surface area contributed by atoms with Gasteiger partial charge < -0.3 is 16.2 Å². The first-order valence-electron chi connectivity index (χ1n) is 4.37. The van der Waals surface area contributed by atoms with E-state index in [1.807, 2.05) is 0 Å². The van der Waals surface area contributed by atoms with Gasteiger partial charge in [-0.3, -0.25) is 4.79 Å². The molecule has 4 N–H and O–H groups in total. The largest absolute Gasteiger partial charge is 0.461 e. The van der Waals surface area contributed by atoms with E-state index in [1.165, 1.54) is 0 Å². The molecule has 1 saturated carbocycles. The summed E-state index contributed by atoms with van der Waals surface area (Å²) in [5.74, 6) is -0.310. The maximum Gasteiger partial charge on any atom is 0.319 e. The molecule has 0 aromatic rings. The van der Waals surface area contributed by atoms with Crippen molar-refractivity contribution in [1.29, 1.82) is 0 Å². The molecule has 0 spiro atoms. The zero-order valence-electron chi connectivity index (χ0n) is 7.16. The summed E-state index contributed by atoms with van der Waals surface area (Å²) >= 11 is 0. The van der Waals surface area contributed by atoms with Crippen molar-refractivity contribution in [3.63, 3.8) is 0 Å². The van der Waals surface area contributed by atoms with Crippen LogP contribution in [0, 0.1) is 0 Å². The summed E-state index contributed by atoms with van der Waals surface area (Å²) in [6, 6.07) is 0.290. The Morgan fingerprint density at radius 1 is 1.33 bits per heavy atom. The lowest BCUT2D eigenvalue weighted by Gasteiger charge is -2.25. The molecular weight excluding hydrogens is 156 g/mol. The van der Waals surface area contributed by atoms with Gasteiger partial charge in [0, 0.05) is 6.04 Å². The Bertz CT molecular complexity index is 153. The van der Waals surface area contributed by atoms with Gasteiger partial charge in [-0.2, -0.15) is 0 Å². The Morgan fingerprint density at radius 2 is 1.92 bits per heavy atom. The highest BCUT2D eigenvalue weighted by atomic mass is 16.5. The van der Waals surface area contributed by atoms with Crippen molar-refractivity contribution < 1.29 is 9.53 Å². The van der Waals surface area contributed by atoms with E-state index in [-0.39, 0.29) is 24.7 Å². The van der Waals surface area contributed by atoms with Gasteiger partial charge in [-0.1, -0.05) is 0 Å². The topological polar surface area (TPSA) is 78.3 Å². The Morgan fingerprint density at radius 3 is 2.42 bits per heavy atom. The predicted molar refractivity (Wildman–Crippen MR) is 45.4 cm³/mol. The van der Waals surface area contributed by atoms with Gasteiger partial charge in [-0.15, -0.1) is 0 Å². The summed E-state index contributed by atoms with van der Waals surface area (Å²) < 4.78 is 5.07. The molecular formula is C8H16N2O2. The zero-order chi connectivity index (χ0) is 8.97. The third-order valence-corrected chi connectivity index (χ3v) is 2.18. The fourth-order valence-corrected chi connectivity index (χ4v) is 1.44. The van der Waals surface area contributed by atoms with Crippen molar-refractivity contribution in [1.82, 2.24) is 0 Å². The lowest BCUT2D eigenvalue weighted by Crippen LogP contribution is -2.32. The fourth-order valence-electron chi connectivity index (χ4n) is 1.44. The van der Waals surface area contributed by atoms with Gasteiger partial charge in [0.15, 0.2) is 0 Å². The molecule has 1 aliphatic carbocycles. The molecule has 70 valence electrons. The maximum absolute atomic E-state index is 10.8. The van der Waals surface area contributed by atoms with E-state index in [4.69, 9.17) is 16.2 Å². The molecule has 1 rings (SSSR count). The first-order valence-corrected chi connectivity index (χ1v) is 4.37. The van der Waals surface area contributed by atoms with Crippen LogP contribution in [0.4, 0.5) is 0 Å². The van der Waals surface area contributed by atoms with Crippen molar-refractivity contribution in [3.8, 4) is 0 Å². The van der Waals surface area contributed by atoms with Crippen LogP contribution in [0.2, 0.25) is 0 Å². The number of ether oxygens (including phenoxy) is 1. The van der Waals surface area contributed by atoms with Gasteiger partial charge in [0.05, 0.1) is 6.54 Å². The number of esters is 1. The van der Waals surface area contributed by atoms with Crippen LogP contribution in [0.15, 0.2) is 0 Å². The number of hydrogen-bond acceptors (Lipinski definition) is 4. The minimum atomic E-state index is -0.310. The molecule has 1 aliphatic rings. The molecule has 12 heavy (non-hydrogen) atoms. The van der Waals surface area contributed by atoms with Crippen LogP contribution in [0.3, 0.4) is 0 Å². The van der Waals surface area contributed by atoms with Crippen LogP contribution in [-0.2, 0) is 9.53 Å². The van der Waals surface area contributed by atoms with E-state index in [9.17, 15) is 4.79 Å². The molecule has 0 amide bonds. The zero-order valence-corrected chi connectivity index (χ0v) is 7.16. The summed E-state index contributed by atoms with van der Waals surface area (Å²) in [5.41, 5.74) is 10.8. The van der Waals surface area contributed by atoms with Crippen LogP contribution >= 0.6 is 0 Å². The molecule has 0 saturated heterocycles. The number of rotatable bonds is 2. The van der Waals surface area contributed by atoms with Crippen LogP contribution < -0.4 is 11.5 Å². The highest BCUT2D eigenvalue weighted by Crippen LogP contribution is 2.19. The van der Waals surface area contributed by atoms with Crippen molar-refractivity contribution in [3.05, 3.63) is 0 Å².